The minimum atomic E-state index is -0.730. The van der Waals surface area contributed by atoms with Crippen LogP contribution in [0.5, 0.6) is 0 Å². The molecule has 2 heterocycles. The van der Waals surface area contributed by atoms with Crippen molar-refractivity contribution in [3.05, 3.63) is 23.8 Å². The molecule has 0 aromatic carbocycles. The summed E-state index contributed by atoms with van der Waals surface area (Å²) in [5.74, 6) is -1.63. The summed E-state index contributed by atoms with van der Waals surface area (Å²) in [7, 11) is 1.29. The number of methoxy groups -OCH3 is 1. The van der Waals surface area contributed by atoms with Gasteiger partial charge >= 0.3 is 11.9 Å². The zero-order valence-corrected chi connectivity index (χ0v) is 17.3. The summed E-state index contributed by atoms with van der Waals surface area (Å²) in [6.45, 7) is 7.42. The third-order valence-corrected chi connectivity index (χ3v) is 5.69. The Bertz CT molecular complexity index is 845. The fourth-order valence-corrected chi connectivity index (χ4v) is 4.45. The maximum Gasteiger partial charge on any atom is 0.377 e. The lowest BCUT2D eigenvalue weighted by molar-refractivity contribution is -0.162. The Labute approximate surface area is 169 Å². The third kappa shape index (κ3) is 3.57. The summed E-state index contributed by atoms with van der Waals surface area (Å²) >= 11 is 0. The molecule has 158 valence electrons. The molecule has 0 bridgehead atoms. The summed E-state index contributed by atoms with van der Waals surface area (Å²) in [5, 5.41) is 4.32. The van der Waals surface area contributed by atoms with Gasteiger partial charge in [0.25, 0.3) is 5.82 Å². The van der Waals surface area contributed by atoms with Crippen molar-refractivity contribution in [2.24, 2.45) is 11.8 Å². The van der Waals surface area contributed by atoms with Crippen LogP contribution >= 0.6 is 0 Å². The predicted molar refractivity (Wildman–Crippen MR) is 99.7 cm³/mol. The van der Waals surface area contributed by atoms with Gasteiger partial charge in [-0.25, -0.2) is 14.5 Å². The highest BCUT2D eigenvalue weighted by Gasteiger charge is 2.58. The summed E-state index contributed by atoms with van der Waals surface area (Å²) in [4.78, 5) is 27.9. The van der Waals surface area contributed by atoms with Gasteiger partial charge in [0, 0.05) is 12.3 Å². The van der Waals surface area contributed by atoms with Crippen molar-refractivity contribution in [3.63, 3.8) is 0 Å². The number of hydrogen-bond donors (Lipinski definition) is 0. The Morgan fingerprint density at radius 3 is 2.69 bits per heavy atom. The van der Waals surface area contributed by atoms with Crippen LogP contribution in [0.15, 0.2) is 18.0 Å². The molecule has 0 N–H and O–H groups in total. The van der Waals surface area contributed by atoms with Crippen molar-refractivity contribution < 1.29 is 28.5 Å². The zero-order chi connectivity index (χ0) is 20.9. The van der Waals surface area contributed by atoms with Crippen LogP contribution in [-0.4, -0.2) is 57.9 Å². The van der Waals surface area contributed by atoms with Gasteiger partial charge in [-0.05, 0) is 25.8 Å². The molecule has 0 radical (unpaired) electrons. The first kappa shape index (κ1) is 20.0. The van der Waals surface area contributed by atoms with Crippen LogP contribution in [0.25, 0.3) is 0 Å². The van der Waals surface area contributed by atoms with Gasteiger partial charge in [-0.3, -0.25) is 4.79 Å². The molecule has 9 heteroatoms. The van der Waals surface area contributed by atoms with Crippen molar-refractivity contribution >= 4 is 11.9 Å². The summed E-state index contributed by atoms with van der Waals surface area (Å²) in [6, 6.07) is -0.237. The first-order valence-corrected chi connectivity index (χ1v) is 9.95. The Hall–Kier alpha value is -2.26. The second kappa shape index (κ2) is 7.21. The van der Waals surface area contributed by atoms with E-state index in [1.54, 1.807) is 4.68 Å². The second-order valence-corrected chi connectivity index (χ2v) is 8.54. The molecule has 1 aromatic heterocycles. The van der Waals surface area contributed by atoms with E-state index < -0.39 is 11.8 Å². The van der Waals surface area contributed by atoms with Crippen LogP contribution < -0.4 is 0 Å². The molecule has 2 fully saturated rings. The Kier molecular flexibility index (Phi) is 4.98. The van der Waals surface area contributed by atoms with E-state index in [1.165, 1.54) is 13.4 Å². The first-order valence-electron chi connectivity index (χ1n) is 9.95. The number of nitrogens with zero attached hydrogens (tertiary/aromatic N) is 3. The predicted octanol–water partition coefficient (Wildman–Crippen LogP) is 2.04. The Morgan fingerprint density at radius 2 is 2.00 bits per heavy atom. The standard InChI is InChI=1S/C20H27N3O6/c1-10(2)18(24)27-11-6-7-12-13(8-11)15-16(29-20(3,4)28-15)14(12)23-9-21-17(22-23)19(25)26-5/h7,9-11,13-16H,6,8H2,1-5H3/t11-,13+,14-,15-,16+/m1/s1. The van der Waals surface area contributed by atoms with Crippen molar-refractivity contribution in [2.45, 2.75) is 70.7 Å². The monoisotopic (exact) mass is 405 g/mol. The van der Waals surface area contributed by atoms with Gasteiger partial charge in [-0.15, -0.1) is 5.10 Å². The molecule has 1 saturated heterocycles. The molecular weight excluding hydrogens is 378 g/mol. The zero-order valence-electron chi connectivity index (χ0n) is 17.3. The molecule has 0 unspecified atom stereocenters. The lowest BCUT2D eigenvalue weighted by Gasteiger charge is -2.31. The van der Waals surface area contributed by atoms with Crippen LogP contribution in [0.3, 0.4) is 0 Å². The molecule has 5 atom stereocenters. The highest BCUT2D eigenvalue weighted by molar-refractivity contribution is 5.84. The maximum atomic E-state index is 12.0. The maximum absolute atomic E-state index is 12.0. The van der Waals surface area contributed by atoms with E-state index >= 15 is 0 Å². The van der Waals surface area contributed by atoms with Gasteiger partial charge in [0.05, 0.1) is 19.1 Å². The van der Waals surface area contributed by atoms with E-state index in [0.29, 0.717) is 12.8 Å². The lowest BCUT2D eigenvalue weighted by Crippen LogP contribution is -2.32. The average molecular weight is 405 g/mol. The van der Waals surface area contributed by atoms with Crippen molar-refractivity contribution in [1.29, 1.82) is 0 Å². The topological polar surface area (TPSA) is 102 Å². The molecule has 29 heavy (non-hydrogen) atoms. The van der Waals surface area contributed by atoms with E-state index in [9.17, 15) is 9.59 Å². The highest BCUT2D eigenvalue weighted by atomic mass is 16.8. The number of esters is 2. The molecule has 9 nitrogen and oxygen atoms in total. The number of hydrogen-bond acceptors (Lipinski definition) is 8. The van der Waals surface area contributed by atoms with Crippen LogP contribution in [0.1, 0.15) is 57.2 Å². The van der Waals surface area contributed by atoms with E-state index in [1.807, 2.05) is 27.7 Å². The molecule has 1 aliphatic heterocycles. The third-order valence-electron chi connectivity index (χ3n) is 5.69. The lowest BCUT2D eigenvalue weighted by atomic mass is 9.86. The average Bonchev–Trinajstić information content (AvgIpc) is 3.33. The van der Waals surface area contributed by atoms with Crippen LogP contribution in [-0.2, 0) is 23.7 Å². The van der Waals surface area contributed by atoms with Gasteiger partial charge in [-0.2, -0.15) is 0 Å². The Morgan fingerprint density at radius 1 is 1.28 bits per heavy atom. The smallest absolute Gasteiger partial charge is 0.377 e. The van der Waals surface area contributed by atoms with E-state index in [4.69, 9.17) is 18.9 Å². The Balaban J connectivity index is 1.63. The molecule has 4 rings (SSSR count). The van der Waals surface area contributed by atoms with Crippen molar-refractivity contribution in [1.82, 2.24) is 14.8 Å². The van der Waals surface area contributed by atoms with E-state index in [2.05, 4.69) is 16.2 Å². The van der Waals surface area contributed by atoms with Gasteiger partial charge in [-0.1, -0.05) is 19.9 Å². The minimum absolute atomic E-state index is 0.00539. The highest BCUT2D eigenvalue weighted by Crippen LogP contribution is 2.53. The fourth-order valence-electron chi connectivity index (χ4n) is 4.45. The van der Waals surface area contributed by atoms with Gasteiger partial charge in [0.1, 0.15) is 24.6 Å². The van der Waals surface area contributed by atoms with Gasteiger partial charge in [0.2, 0.25) is 0 Å². The number of carbonyl (C=O) groups excluding carboxylic acids is 2. The number of rotatable bonds is 4. The van der Waals surface area contributed by atoms with Gasteiger partial charge < -0.3 is 18.9 Å². The number of ether oxygens (including phenoxy) is 4. The fraction of sp³-hybridized carbons (Fsp3) is 0.700. The molecular formula is C20H27N3O6. The van der Waals surface area contributed by atoms with Crippen LogP contribution in [0.4, 0.5) is 0 Å². The molecule has 2 aliphatic carbocycles. The van der Waals surface area contributed by atoms with E-state index in [-0.39, 0.29) is 48.0 Å². The quantitative estimate of drug-likeness (QED) is 0.554. The first-order chi connectivity index (χ1) is 13.7. The summed E-state index contributed by atoms with van der Waals surface area (Å²) < 4.78 is 24.5. The minimum Gasteiger partial charge on any atom is -0.463 e. The SMILES string of the molecule is COC(=O)c1ncn([C@@H]2C3=CC[C@@H](OC(=O)C(C)C)C[C@@H]3[C@H]3OC(C)(C)O[C@H]32)n1. The molecule has 3 aliphatic rings. The van der Waals surface area contributed by atoms with Crippen LogP contribution in [0, 0.1) is 11.8 Å². The molecule has 1 aromatic rings. The van der Waals surface area contributed by atoms with Crippen molar-refractivity contribution in [3.8, 4) is 0 Å². The summed E-state index contributed by atoms with van der Waals surface area (Å²) in [5.41, 5.74) is 1.12. The molecule has 0 amide bonds. The summed E-state index contributed by atoms with van der Waals surface area (Å²) in [6.07, 6.45) is 4.26. The van der Waals surface area contributed by atoms with E-state index in [0.717, 1.165) is 5.57 Å². The number of carbonyl (C=O) groups is 2. The number of fused-ring (bicyclic) bond motifs is 3. The van der Waals surface area contributed by atoms with Crippen molar-refractivity contribution in [2.75, 3.05) is 7.11 Å². The largest absolute Gasteiger partial charge is 0.463 e. The molecule has 1 saturated carbocycles. The molecule has 0 spiro atoms. The van der Waals surface area contributed by atoms with Gasteiger partial charge in [0.15, 0.2) is 5.79 Å². The normalized spacial score (nSPS) is 32.5. The number of aromatic nitrogens is 3. The van der Waals surface area contributed by atoms with Crippen LogP contribution in [0.2, 0.25) is 0 Å². The second-order valence-electron chi connectivity index (χ2n) is 8.54.